The zero-order chi connectivity index (χ0) is 14.0. The van der Waals surface area contributed by atoms with Crippen LogP contribution in [0.3, 0.4) is 0 Å². The van der Waals surface area contributed by atoms with Crippen molar-refractivity contribution in [2.24, 2.45) is 0 Å². The second kappa shape index (κ2) is 5.07. The molecule has 1 heterocycles. The molecule has 0 saturated carbocycles. The molecule has 1 aromatic rings. The number of carbonyl (C=O) groups excluding carboxylic acids is 2. The van der Waals surface area contributed by atoms with Crippen molar-refractivity contribution in [1.82, 2.24) is 0 Å². The Morgan fingerprint density at radius 2 is 1.95 bits per heavy atom. The summed E-state index contributed by atoms with van der Waals surface area (Å²) in [5.41, 5.74) is 0.0728. The molecule has 0 bridgehead atoms. The zero-order valence-corrected chi connectivity index (χ0v) is 10.1. The number of methoxy groups -OCH3 is 1. The normalized spacial score (nSPS) is 15.5. The van der Waals surface area contributed by atoms with E-state index in [0.29, 0.717) is 0 Å². The average Bonchev–Trinajstić information content (AvgIpc) is 2.38. The molecule has 0 unspecified atom stereocenters. The third kappa shape index (κ3) is 2.41. The Morgan fingerprint density at radius 3 is 2.47 bits per heavy atom. The third-order valence-corrected chi connectivity index (χ3v) is 2.62. The van der Waals surface area contributed by atoms with Crippen molar-refractivity contribution in [1.29, 1.82) is 0 Å². The molecule has 1 aliphatic heterocycles. The summed E-state index contributed by atoms with van der Waals surface area (Å²) in [6.45, 7) is -0.460. The number of carbonyl (C=O) groups is 3. The van der Waals surface area contributed by atoms with E-state index in [1.54, 1.807) is 0 Å². The third-order valence-electron chi connectivity index (χ3n) is 2.62. The molecule has 1 aliphatic rings. The summed E-state index contributed by atoms with van der Waals surface area (Å²) in [7, 11) is 1.37. The largest absolute Gasteiger partial charge is 0.495 e. The van der Waals surface area contributed by atoms with Crippen LogP contribution in [0.1, 0.15) is 10.4 Å². The van der Waals surface area contributed by atoms with E-state index in [9.17, 15) is 14.4 Å². The van der Waals surface area contributed by atoms with Gasteiger partial charge in [0.1, 0.15) is 19.0 Å². The van der Waals surface area contributed by atoms with Crippen molar-refractivity contribution in [3.05, 3.63) is 23.8 Å². The Hall–Kier alpha value is -2.41. The van der Waals surface area contributed by atoms with Crippen LogP contribution in [0.2, 0.25) is 0 Å². The van der Waals surface area contributed by atoms with E-state index < -0.39 is 17.8 Å². The molecule has 19 heavy (non-hydrogen) atoms. The number of imide groups is 1. The summed E-state index contributed by atoms with van der Waals surface area (Å²) < 4.78 is 9.85. The van der Waals surface area contributed by atoms with E-state index in [1.807, 2.05) is 0 Å². The zero-order valence-electron chi connectivity index (χ0n) is 10.1. The molecule has 1 aromatic carbocycles. The van der Waals surface area contributed by atoms with E-state index >= 15 is 0 Å². The Labute approximate surface area is 108 Å². The van der Waals surface area contributed by atoms with Gasteiger partial charge in [-0.25, -0.2) is 9.69 Å². The number of amides is 2. The number of anilines is 1. The molecule has 0 atom stereocenters. The van der Waals surface area contributed by atoms with E-state index in [-0.39, 0.29) is 30.2 Å². The highest BCUT2D eigenvalue weighted by molar-refractivity contribution is 6.18. The first-order valence-corrected chi connectivity index (χ1v) is 5.39. The van der Waals surface area contributed by atoms with Gasteiger partial charge in [0.15, 0.2) is 0 Å². The molecule has 100 valence electrons. The molecule has 0 aliphatic carbocycles. The molecule has 0 spiro atoms. The van der Waals surface area contributed by atoms with Crippen LogP contribution in [-0.4, -0.2) is 43.2 Å². The second-order valence-electron chi connectivity index (χ2n) is 3.81. The maximum absolute atomic E-state index is 11.7. The number of carboxylic acids is 1. The highest BCUT2D eigenvalue weighted by Gasteiger charge is 2.30. The fourth-order valence-electron chi connectivity index (χ4n) is 1.76. The lowest BCUT2D eigenvalue weighted by molar-refractivity contribution is -0.138. The molecule has 2 rings (SSSR count). The van der Waals surface area contributed by atoms with Crippen LogP contribution < -0.4 is 9.64 Å². The monoisotopic (exact) mass is 265 g/mol. The highest BCUT2D eigenvalue weighted by atomic mass is 16.5. The molecule has 7 nitrogen and oxygen atoms in total. The maximum Gasteiger partial charge on any atom is 0.335 e. The van der Waals surface area contributed by atoms with Crippen molar-refractivity contribution < 1.29 is 29.0 Å². The lowest BCUT2D eigenvalue weighted by atomic mass is 10.1. The lowest BCUT2D eigenvalue weighted by Crippen LogP contribution is -2.46. The highest BCUT2D eigenvalue weighted by Crippen LogP contribution is 2.30. The SMILES string of the molecule is COc1ccc(C(=O)O)cc1N1C(=O)COCC1=O. The first-order chi connectivity index (χ1) is 9.04. The van der Waals surface area contributed by atoms with Crippen LogP contribution in [-0.2, 0) is 14.3 Å². The van der Waals surface area contributed by atoms with Gasteiger partial charge in [0.25, 0.3) is 11.8 Å². The number of morpholine rings is 1. The van der Waals surface area contributed by atoms with Gasteiger partial charge in [0.2, 0.25) is 0 Å². The number of benzene rings is 1. The minimum absolute atomic E-state index is 0.0390. The van der Waals surface area contributed by atoms with Crippen LogP contribution in [0.25, 0.3) is 0 Å². The van der Waals surface area contributed by atoms with Gasteiger partial charge >= 0.3 is 5.97 Å². The molecule has 0 radical (unpaired) electrons. The molecule has 1 saturated heterocycles. The van der Waals surface area contributed by atoms with Crippen LogP contribution in [0.4, 0.5) is 5.69 Å². The maximum atomic E-state index is 11.7. The number of hydrogen-bond donors (Lipinski definition) is 1. The van der Waals surface area contributed by atoms with Crippen LogP contribution in [0, 0.1) is 0 Å². The summed E-state index contributed by atoms with van der Waals surface area (Å²) in [4.78, 5) is 35.3. The fourth-order valence-corrected chi connectivity index (χ4v) is 1.76. The smallest absolute Gasteiger partial charge is 0.335 e. The summed E-state index contributed by atoms with van der Waals surface area (Å²) >= 11 is 0. The van der Waals surface area contributed by atoms with Crippen molar-refractivity contribution in [3.63, 3.8) is 0 Å². The first-order valence-electron chi connectivity index (χ1n) is 5.39. The van der Waals surface area contributed by atoms with Gasteiger partial charge in [-0.15, -0.1) is 0 Å². The molecule has 0 aromatic heterocycles. The van der Waals surface area contributed by atoms with Gasteiger partial charge in [0.05, 0.1) is 18.4 Å². The number of aromatic carboxylic acids is 1. The minimum atomic E-state index is -1.16. The van der Waals surface area contributed by atoms with Crippen molar-refractivity contribution in [2.75, 3.05) is 25.2 Å². The number of nitrogens with zero attached hydrogens (tertiary/aromatic N) is 1. The van der Waals surface area contributed by atoms with Crippen molar-refractivity contribution in [2.45, 2.75) is 0 Å². The number of rotatable bonds is 3. The van der Waals surface area contributed by atoms with Crippen LogP contribution in [0.5, 0.6) is 5.75 Å². The Morgan fingerprint density at radius 1 is 1.32 bits per heavy atom. The fraction of sp³-hybridized carbons (Fsp3) is 0.250. The van der Waals surface area contributed by atoms with Gasteiger partial charge in [0, 0.05) is 0 Å². The minimum Gasteiger partial charge on any atom is -0.495 e. The molecular formula is C12H11NO6. The second-order valence-corrected chi connectivity index (χ2v) is 3.81. The Bertz CT molecular complexity index is 537. The predicted octanol–water partition coefficient (Wildman–Crippen LogP) is 0.283. The number of carboxylic acid groups (broad SMARTS) is 1. The summed E-state index contributed by atoms with van der Waals surface area (Å²) in [5, 5.41) is 8.95. The van der Waals surface area contributed by atoms with Crippen LogP contribution in [0.15, 0.2) is 18.2 Å². The van der Waals surface area contributed by atoms with Crippen molar-refractivity contribution >= 4 is 23.5 Å². The average molecular weight is 265 g/mol. The standard InChI is InChI=1S/C12H11NO6/c1-18-9-3-2-7(12(16)17)4-8(9)13-10(14)5-19-6-11(13)15/h2-4H,5-6H2,1H3,(H,16,17). The topological polar surface area (TPSA) is 93.1 Å². The first kappa shape index (κ1) is 13.0. The van der Waals surface area contributed by atoms with E-state index in [2.05, 4.69) is 0 Å². The van der Waals surface area contributed by atoms with Gasteiger partial charge < -0.3 is 14.6 Å². The van der Waals surface area contributed by atoms with Crippen molar-refractivity contribution in [3.8, 4) is 5.75 Å². The Kier molecular flexibility index (Phi) is 3.48. The molecule has 7 heteroatoms. The lowest BCUT2D eigenvalue weighted by Gasteiger charge is -2.26. The molecule has 2 amide bonds. The van der Waals surface area contributed by atoms with Gasteiger partial charge in [-0.3, -0.25) is 9.59 Å². The summed E-state index contributed by atoms with van der Waals surface area (Å²) in [6, 6.07) is 3.96. The summed E-state index contributed by atoms with van der Waals surface area (Å²) in [6.07, 6.45) is 0. The molecule has 1 fully saturated rings. The molecular weight excluding hydrogens is 254 g/mol. The van der Waals surface area contributed by atoms with E-state index in [4.69, 9.17) is 14.6 Å². The number of ether oxygens (including phenoxy) is 2. The summed E-state index contributed by atoms with van der Waals surface area (Å²) in [5.74, 6) is -2.03. The van der Waals surface area contributed by atoms with Gasteiger partial charge in [-0.05, 0) is 18.2 Å². The molecule has 1 N–H and O–H groups in total. The van der Waals surface area contributed by atoms with Gasteiger partial charge in [-0.1, -0.05) is 0 Å². The van der Waals surface area contributed by atoms with Crippen LogP contribution >= 0.6 is 0 Å². The predicted molar refractivity (Wildman–Crippen MR) is 63.3 cm³/mol. The number of hydrogen-bond acceptors (Lipinski definition) is 5. The quantitative estimate of drug-likeness (QED) is 0.789. The van der Waals surface area contributed by atoms with Gasteiger partial charge in [-0.2, -0.15) is 0 Å². The van der Waals surface area contributed by atoms with E-state index in [1.165, 1.54) is 25.3 Å². The van der Waals surface area contributed by atoms with E-state index in [0.717, 1.165) is 4.90 Å². The Balaban J connectivity index is 2.51.